The van der Waals surface area contributed by atoms with Crippen molar-refractivity contribution in [3.63, 3.8) is 0 Å². The van der Waals surface area contributed by atoms with Crippen molar-refractivity contribution in [2.45, 2.75) is 25.9 Å². The summed E-state index contributed by atoms with van der Waals surface area (Å²) in [6.07, 6.45) is 4.67. The topological polar surface area (TPSA) is 59.6 Å². The third-order valence-electron chi connectivity index (χ3n) is 5.02. The number of carbonyl (C=O) groups excluding carboxylic acids is 1. The van der Waals surface area contributed by atoms with E-state index in [2.05, 4.69) is 10.6 Å². The van der Waals surface area contributed by atoms with Crippen LogP contribution in [0.5, 0.6) is 5.75 Å². The van der Waals surface area contributed by atoms with Gasteiger partial charge in [0.1, 0.15) is 11.6 Å². The number of halogens is 1. The average Bonchev–Trinajstić information content (AvgIpc) is 3.21. The minimum Gasteiger partial charge on any atom is -0.467 e. The fourth-order valence-corrected chi connectivity index (χ4v) is 3.47. The van der Waals surface area contributed by atoms with Crippen LogP contribution in [-0.4, -0.2) is 32.9 Å². The summed E-state index contributed by atoms with van der Waals surface area (Å²) in [6.45, 7) is 2.63. The molecule has 2 aromatic rings. The molecule has 2 aromatic carbocycles. The fraction of sp³-hybridized carbons (Fsp3) is 0.348. The van der Waals surface area contributed by atoms with E-state index in [1.807, 2.05) is 43.3 Å². The summed E-state index contributed by atoms with van der Waals surface area (Å²) in [5.41, 5.74) is 3.16. The fourth-order valence-electron chi connectivity index (χ4n) is 3.47. The summed E-state index contributed by atoms with van der Waals surface area (Å²) in [4.78, 5) is 11.8. The van der Waals surface area contributed by atoms with Crippen molar-refractivity contribution >= 4 is 5.91 Å². The predicted octanol–water partition coefficient (Wildman–Crippen LogP) is 3.56. The van der Waals surface area contributed by atoms with Gasteiger partial charge in [-0.2, -0.15) is 0 Å². The maximum absolute atomic E-state index is 14.6. The first-order valence-corrected chi connectivity index (χ1v) is 9.66. The van der Waals surface area contributed by atoms with Crippen molar-refractivity contribution in [2.24, 2.45) is 5.92 Å². The van der Waals surface area contributed by atoms with E-state index < -0.39 is 0 Å². The van der Waals surface area contributed by atoms with Crippen LogP contribution in [0.2, 0.25) is 0 Å². The molecule has 1 aliphatic carbocycles. The summed E-state index contributed by atoms with van der Waals surface area (Å²) >= 11 is 0. The van der Waals surface area contributed by atoms with Gasteiger partial charge in [0, 0.05) is 37.9 Å². The Morgan fingerprint density at radius 3 is 2.76 bits per heavy atom. The molecule has 1 amide bonds. The minimum absolute atomic E-state index is 0.0256. The van der Waals surface area contributed by atoms with Gasteiger partial charge < -0.3 is 20.1 Å². The first-order valence-electron chi connectivity index (χ1n) is 9.66. The molecule has 154 valence electrons. The first-order chi connectivity index (χ1) is 14.0. The monoisotopic (exact) mass is 398 g/mol. The molecule has 0 saturated heterocycles. The number of aryl methyl sites for hydroxylation is 1. The highest BCUT2D eigenvalue weighted by Crippen LogP contribution is 2.33. The molecule has 2 N–H and O–H groups in total. The van der Waals surface area contributed by atoms with Gasteiger partial charge in [0.15, 0.2) is 6.79 Å². The Bertz CT molecular complexity index is 898. The lowest BCUT2D eigenvalue weighted by atomic mass is 9.99. The number of hydrogen-bond acceptors (Lipinski definition) is 4. The van der Waals surface area contributed by atoms with Gasteiger partial charge in [0.05, 0.1) is 5.92 Å². The van der Waals surface area contributed by atoms with E-state index in [4.69, 9.17) is 9.47 Å². The zero-order valence-corrected chi connectivity index (χ0v) is 17.0. The van der Waals surface area contributed by atoms with E-state index in [-0.39, 0.29) is 30.5 Å². The summed E-state index contributed by atoms with van der Waals surface area (Å²) < 4.78 is 25.3. The highest BCUT2D eigenvalue weighted by atomic mass is 19.1. The number of methoxy groups -OCH3 is 1. The second-order valence-corrected chi connectivity index (χ2v) is 7.19. The molecule has 6 heteroatoms. The van der Waals surface area contributed by atoms with Gasteiger partial charge in [-0.15, -0.1) is 0 Å². The van der Waals surface area contributed by atoms with Crippen molar-refractivity contribution in [1.29, 1.82) is 0 Å². The van der Waals surface area contributed by atoms with Crippen LogP contribution in [0.1, 0.15) is 17.5 Å². The van der Waals surface area contributed by atoms with Crippen molar-refractivity contribution in [2.75, 3.05) is 21.0 Å². The molecule has 0 aliphatic heterocycles. The Balaban J connectivity index is 1.75. The second kappa shape index (κ2) is 9.67. The standard InChI is InChI=1S/C23H27FN2O3/c1-15-4-9-22(29-14-28-3)20(10-15)19-11-16(5-8-21(19)24)13-26-18-7-6-17(12-18)23(27)25-2/h4-11,17-18,26H,12-14H2,1-3H3,(H,25,27)/t17-,18+/m1/s1. The quantitative estimate of drug-likeness (QED) is 0.527. The van der Waals surface area contributed by atoms with Gasteiger partial charge in [-0.05, 0) is 43.2 Å². The smallest absolute Gasteiger partial charge is 0.226 e. The molecule has 0 radical (unpaired) electrons. The lowest BCUT2D eigenvalue weighted by molar-refractivity contribution is -0.123. The Kier molecular flexibility index (Phi) is 7.01. The number of carbonyl (C=O) groups is 1. The van der Waals surface area contributed by atoms with E-state index >= 15 is 0 Å². The van der Waals surface area contributed by atoms with Gasteiger partial charge in [-0.1, -0.05) is 29.8 Å². The highest BCUT2D eigenvalue weighted by molar-refractivity contribution is 5.80. The molecule has 0 heterocycles. The third kappa shape index (κ3) is 5.22. The number of nitrogens with one attached hydrogen (secondary N) is 2. The molecule has 0 fully saturated rings. The molecule has 0 aromatic heterocycles. The summed E-state index contributed by atoms with van der Waals surface area (Å²) in [7, 11) is 3.19. The summed E-state index contributed by atoms with van der Waals surface area (Å²) in [5, 5.41) is 6.10. The Labute approximate surface area is 170 Å². The van der Waals surface area contributed by atoms with Crippen LogP contribution in [0, 0.1) is 18.7 Å². The zero-order chi connectivity index (χ0) is 20.8. The van der Waals surface area contributed by atoms with Crippen LogP contribution in [0.4, 0.5) is 4.39 Å². The average molecular weight is 398 g/mol. The van der Waals surface area contributed by atoms with E-state index in [0.29, 0.717) is 23.4 Å². The van der Waals surface area contributed by atoms with Gasteiger partial charge >= 0.3 is 0 Å². The van der Waals surface area contributed by atoms with Crippen LogP contribution in [0.3, 0.4) is 0 Å². The van der Waals surface area contributed by atoms with E-state index in [9.17, 15) is 9.18 Å². The van der Waals surface area contributed by atoms with Crippen LogP contribution in [0.25, 0.3) is 11.1 Å². The molecule has 0 spiro atoms. The minimum atomic E-state index is -0.304. The van der Waals surface area contributed by atoms with Crippen molar-refractivity contribution in [3.8, 4) is 16.9 Å². The third-order valence-corrected chi connectivity index (χ3v) is 5.02. The molecule has 1 aliphatic rings. The largest absolute Gasteiger partial charge is 0.467 e. The summed E-state index contributed by atoms with van der Waals surface area (Å²) in [6, 6.07) is 10.9. The van der Waals surface area contributed by atoms with Crippen LogP contribution >= 0.6 is 0 Å². The van der Waals surface area contributed by atoms with Crippen molar-refractivity contribution < 1.29 is 18.7 Å². The number of ether oxygens (including phenoxy) is 2. The van der Waals surface area contributed by atoms with Gasteiger partial charge in [0.25, 0.3) is 0 Å². The van der Waals surface area contributed by atoms with Gasteiger partial charge in [-0.3, -0.25) is 4.79 Å². The van der Waals surface area contributed by atoms with Crippen LogP contribution in [-0.2, 0) is 16.1 Å². The Morgan fingerprint density at radius 1 is 1.17 bits per heavy atom. The van der Waals surface area contributed by atoms with E-state index in [0.717, 1.165) is 17.5 Å². The highest BCUT2D eigenvalue weighted by Gasteiger charge is 2.23. The molecule has 0 saturated carbocycles. The molecule has 2 atom stereocenters. The predicted molar refractivity (Wildman–Crippen MR) is 111 cm³/mol. The Morgan fingerprint density at radius 2 is 2.00 bits per heavy atom. The summed E-state index contributed by atoms with van der Waals surface area (Å²) in [5.74, 6) is 0.197. The molecule has 0 unspecified atom stereocenters. The van der Waals surface area contributed by atoms with Crippen molar-refractivity contribution in [3.05, 3.63) is 65.5 Å². The van der Waals surface area contributed by atoms with Crippen molar-refractivity contribution in [1.82, 2.24) is 10.6 Å². The Hall–Kier alpha value is -2.70. The van der Waals surface area contributed by atoms with Crippen LogP contribution < -0.4 is 15.4 Å². The lowest BCUT2D eigenvalue weighted by Crippen LogP contribution is -2.30. The SMILES string of the molecule is CNC(=O)[C@@H]1C=C[C@H](NCc2ccc(F)c(-c3cc(C)ccc3OCOC)c2)C1. The number of rotatable bonds is 8. The maximum Gasteiger partial charge on any atom is 0.226 e. The normalized spacial score (nSPS) is 18.1. The number of hydrogen-bond donors (Lipinski definition) is 2. The molecule has 5 nitrogen and oxygen atoms in total. The lowest BCUT2D eigenvalue weighted by Gasteiger charge is -2.16. The molecular weight excluding hydrogens is 371 g/mol. The van der Waals surface area contributed by atoms with Gasteiger partial charge in [-0.25, -0.2) is 4.39 Å². The van der Waals surface area contributed by atoms with Gasteiger partial charge in [0.2, 0.25) is 5.91 Å². The van der Waals surface area contributed by atoms with E-state index in [1.165, 1.54) is 6.07 Å². The number of amides is 1. The van der Waals surface area contributed by atoms with Crippen LogP contribution in [0.15, 0.2) is 48.6 Å². The maximum atomic E-state index is 14.6. The first kappa shape index (κ1) is 21.0. The molecule has 3 rings (SSSR count). The molecule has 29 heavy (non-hydrogen) atoms. The number of benzene rings is 2. The molecule has 0 bridgehead atoms. The zero-order valence-electron chi connectivity index (χ0n) is 17.0. The molecular formula is C23H27FN2O3. The van der Waals surface area contributed by atoms with E-state index in [1.54, 1.807) is 20.2 Å². The second-order valence-electron chi connectivity index (χ2n) is 7.19.